The van der Waals surface area contributed by atoms with Crippen LogP contribution in [0.3, 0.4) is 0 Å². The molecule has 0 saturated carbocycles. The van der Waals surface area contributed by atoms with Gasteiger partial charge in [-0.15, -0.1) is 0 Å². The van der Waals surface area contributed by atoms with Crippen molar-refractivity contribution in [3.63, 3.8) is 0 Å². The van der Waals surface area contributed by atoms with E-state index in [0.717, 1.165) is 45.3 Å². The summed E-state index contributed by atoms with van der Waals surface area (Å²) in [5.41, 5.74) is 0. The molecule has 0 saturated heterocycles. The van der Waals surface area contributed by atoms with Gasteiger partial charge in [0.1, 0.15) is 0 Å². The zero-order chi connectivity index (χ0) is 26.5. The summed E-state index contributed by atoms with van der Waals surface area (Å²) in [6.07, 6.45) is 32.6. The lowest BCUT2D eigenvalue weighted by Gasteiger charge is -2.22. The summed E-state index contributed by atoms with van der Waals surface area (Å²) in [6.45, 7) is 7.67. The molecule has 4 heteroatoms. The average Bonchev–Trinajstić information content (AvgIpc) is 2.86. The highest BCUT2D eigenvalue weighted by molar-refractivity contribution is 5.67. The Morgan fingerprint density at radius 1 is 0.583 bits per heavy atom. The van der Waals surface area contributed by atoms with Crippen LogP contribution < -0.4 is 0 Å². The predicted octanol–water partition coefficient (Wildman–Crippen LogP) is 9.55. The number of rotatable bonds is 26. The second kappa shape index (κ2) is 28.3. The first kappa shape index (κ1) is 34.7. The minimum absolute atomic E-state index is 0.107. The zero-order valence-corrected chi connectivity index (χ0v) is 24.8. The van der Waals surface area contributed by atoms with Crippen molar-refractivity contribution in [2.24, 2.45) is 0 Å². The second-order valence-corrected chi connectivity index (χ2v) is 10.6. The molecule has 1 amide bonds. The van der Waals surface area contributed by atoms with E-state index in [1.807, 2.05) is 4.90 Å². The van der Waals surface area contributed by atoms with Crippen LogP contribution in [0.25, 0.3) is 0 Å². The zero-order valence-electron chi connectivity index (χ0n) is 24.8. The molecule has 0 aromatic carbocycles. The molecular formula is C32H62N2O2. The van der Waals surface area contributed by atoms with Gasteiger partial charge >= 0.3 is 6.09 Å². The van der Waals surface area contributed by atoms with Gasteiger partial charge in [0.05, 0.1) is 6.61 Å². The molecule has 0 N–H and O–H groups in total. The van der Waals surface area contributed by atoms with Gasteiger partial charge in [-0.3, -0.25) is 0 Å². The minimum Gasteiger partial charge on any atom is -0.449 e. The molecule has 36 heavy (non-hydrogen) atoms. The van der Waals surface area contributed by atoms with Crippen molar-refractivity contribution in [1.29, 1.82) is 0 Å². The van der Waals surface area contributed by atoms with E-state index in [-0.39, 0.29) is 6.09 Å². The fraction of sp³-hybridized carbons (Fsp3) is 0.844. The molecule has 0 radical (unpaired) electrons. The largest absolute Gasteiger partial charge is 0.449 e. The van der Waals surface area contributed by atoms with E-state index in [1.54, 1.807) is 0 Å². The predicted molar refractivity (Wildman–Crippen MR) is 159 cm³/mol. The molecule has 0 aromatic heterocycles. The SMILES string of the molecule is CCCCC/C=C\C/C=C\CCCCCCCCN(CCCCCCCC)C(=O)OCCCN(C)C. The smallest absolute Gasteiger partial charge is 0.409 e. The number of allylic oxidation sites excluding steroid dienone is 4. The number of amides is 1. The van der Waals surface area contributed by atoms with Gasteiger partial charge in [-0.2, -0.15) is 0 Å². The van der Waals surface area contributed by atoms with E-state index < -0.39 is 0 Å². The quantitative estimate of drug-likeness (QED) is 0.0864. The monoisotopic (exact) mass is 506 g/mol. The lowest BCUT2D eigenvalue weighted by Crippen LogP contribution is -2.34. The van der Waals surface area contributed by atoms with Crippen molar-refractivity contribution in [1.82, 2.24) is 9.80 Å². The number of carbonyl (C=O) groups is 1. The Hall–Kier alpha value is -1.29. The van der Waals surface area contributed by atoms with E-state index in [1.165, 1.54) is 96.3 Å². The molecule has 0 aromatic rings. The van der Waals surface area contributed by atoms with Crippen LogP contribution in [0, 0.1) is 0 Å². The van der Waals surface area contributed by atoms with Crippen LogP contribution in [0.5, 0.6) is 0 Å². The van der Waals surface area contributed by atoms with Gasteiger partial charge in [0, 0.05) is 19.6 Å². The van der Waals surface area contributed by atoms with Crippen molar-refractivity contribution < 1.29 is 9.53 Å². The van der Waals surface area contributed by atoms with Crippen molar-refractivity contribution >= 4 is 6.09 Å². The summed E-state index contributed by atoms with van der Waals surface area (Å²) >= 11 is 0. The molecule has 4 nitrogen and oxygen atoms in total. The van der Waals surface area contributed by atoms with E-state index in [4.69, 9.17) is 4.74 Å². The first-order valence-electron chi connectivity index (χ1n) is 15.5. The Balaban J connectivity index is 3.93. The summed E-state index contributed by atoms with van der Waals surface area (Å²) in [7, 11) is 4.11. The molecule has 0 aliphatic heterocycles. The van der Waals surface area contributed by atoms with Crippen LogP contribution in [0.4, 0.5) is 4.79 Å². The van der Waals surface area contributed by atoms with Crippen LogP contribution in [0.2, 0.25) is 0 Å². The Bertz CT molecular complexity index is 516. The summed E-state index contributed by atoms with van der Waals surface area (Å²) in [5, 5.41) is 0. The van der Waals surface area contributed by atoms with Crippen LogP contribution in [0.15, 0.2) is 24.3 Å². The van der Waals surface area contributed by atoms with Crippen molar-refractivity contribution in [3.8, 4) is 0 Å². The summed E-state index contributed by atoms with van der Waals surface area (Å²) < 4.78 is 5.58. The lowest BCUT2D eigenvalue weighted by molar-refractivity contribution is 0.0976. The minimum atomic E-state index is -0.107. The molecule has 0 heterocycles. The topological polar surface area (TPSA) is 32.8 Å². The fourth-order valence-corrected chi connectivity index (χ4v) is 4.30. The molecule has 0 aliphatic carbocycles. The Morgan fingerprint density at radius 3 is 1.61 bits per heavy atom. The molecule has 0 rings (SSSR count). The highest BCUT2D eigenvalue weighted by atomic mass is 16.6. The standard InChI is InChI=1S/C32H62N2O2/c1-5-7-9-11-13-14-15-16-17-18-19-20-21-22-24-26-30-34(29-25-23-12-10-8-6-2)32(35)36-31-27-28-33(3)4/h13-14,16-17H,5-12,15,18-31H2,1-4H3/b14-13-,17-16-. The van der Waals surface area contributed by atoms with Crippen molar-refractivity contribution in [2.75, 3.05) is 40.3 Å². The van der Waals surface area contributed by atoms with Gasteiger partial charge in [-0.1, -0.05) is 109 Å². The summed E-state index contributed by atoms with van der Waals surface area (Å²) in [5.74, 6) is 0. The van der Waals surface area contributed by atoms with Crippen LogP contribution in [-0.2, 0) is 4.74 Å². The molecule has 0 fully saturated rings. The maximum Gasteiger partial charge on any atom is 0.409 e. The van der Waals surface area contributed by atoms with E-state index in [9.17, 15) is 4.79 Å². The Morgan fingerprint density at radius 2 is 1.06 bits per heavy atom. The number of carbonyl (C=O) groups excluding carboxylic acids is 1. The number of hydrogen-bond acceptors (Lipinski definition) is 3. The molecule has 0 atom stereocenters. The summed E-state index contributed by atoms with van der Waals surface area (Å²) in [4.78, 5) is 16.7. The molecule has 0 spiro atoms. The second-order valence-electron chi connectivity index (χ2n) is 10.6. The van der Waals surface area contributed by atoms with Crippen LogP contribution in [-0.4, -0.2) is 56.2 Å². The van der Waals surface area contributed by atoms with Gasteiger partial charge in [-0.05, 0) is 65.5 Å². The maximum atomic E-state index is 12.6. The third kappa shape index (κ3) is 25.8. The van der Waals surface area contributed by atoms with E-state index in [0.29, 0.717) is 6.61 Å². The molecule has 0 unspecified atom stereocenters. The van der Waals surface area contributed by atoms with Crippen molar-refractivity contribution in [3.05, 3.63) is 24.3 Å². The van der Waals surface area contributed by atoms with Crippen LogP contribution >= 0.6 is 0 Å². The van der Waals surface area contributed by atoms with Gasteiger partial charge < -0.3 is 14.5 Å². The molecule has 0 aliphatic rings. The number of hydrogen-bond donors (Lipinski definition) is 0. The maximum absolute atomic E-state index is 12.6. The van der Waals surface area contributed by atoms with Crippen LogP contribution in [0.1, 0.15) is 136 Å². The first-order chi connectivity index (χ1) is 17.6. The number of unbranched alkanes of at least 4 members (excludes halogenated alkanes) is 14. The third-order valence-electron chi connectivity index (χ3n) is 6.64. The van der Waals surface area contributed by atoms with E-state index >= 15 is 0 Å². The van der Waals surface area contributed by atoms with E-state index in [2.05, 4.69) is 57.1 Å². The van der Waals surface area contributed by atoms with Crippen molar-refractivity contribution in [2.45, 2.75) is 136 Å². The average molecular weight is 507 g/mol. The Labute approximate surface area is 225 Å². The Kier molecular flexibility index (Phi) is 27.3. The molecule has 212 valence electrons. The molecule has 0 bridgehead atoms. The van der Waals surface area contributed by atoms with Gasteiger partial charge in [0.25, 0.3) is 0 Å². The fourth-order valence-electron chi connectivity index (χ4n) is 4.30. The van der Waals surface area contributed by atoms with Gasteiger partial charge in [-0.25, -0.2) is 4.79 Å². The highest BCUT2D eigenvalue weighted by Crippen LogP contribution is 2.11. The number of nitrogens with zero attached hydrogens (tertiary/aromatic N) is 2. The normalized spacial score (nSPS) is 11.8. The number of ether oxygens (including phenoxy) is 1. The first-order valence-corrected chi connectivity index (χ1v) is 15.5. The third-order valence-corrected chi connectivity index (χ3v) is 6.64. The van der Waals surface area contributed by atoms with Gasteiger partial charge in [0.2, 0.25) is 0 Å². The van der Waals surface area contributed by atoms with Gasteiger partial charge in [0.15, 0.2) is 0 Å². The summed E-state index contributed by atoms with van der Waals surface area (Å²) in [6, 6.07) is 0. The molecular weight excluding hydrogens is 444 g/mol. The highest BCUT2D eigenvalue weighted by Gasteiger charge is 2.14. The lowest BCUT2D eigenvalue weighted by atomic mass is 10.1.